The van der Waals surface area contributed by atoms with Crippen LogP contribution in [0, 0.1) is 6.92 Å². The Morgan fingerprint density at radius 2 is 2.20 bits per heavy atom. The third-order valence-corrected chi connectivity index (χ3v) is 2.74. The van der Waals surface area contributed by atoms with Gasteiger partial charge in [0, 0.05) is 4.88 Å². The fraction of sp³-hybridized carbons (Fsp3) is 0.333. The van der Waals surface area contributed by atoms with Gasteiger partial charge in [-0.05, 0) is 19.9 Å². The number of carboxylic acid groups (broad SMARTS) is 1. The van der Waals surface area contributed by atoms with Gasteiger partial charge in [-0.2, -0.15) is 0 Å². The Morgan fingerprint density at radius 1 is 1.60 bits per heavy atom. The fourth-order valence-corrected chi connectivity index (χ4v) is 1.76. The molecule has 1 aromatic heterocycles. The van der Waals surface area contributed by atoms with Crippen LogP contribution in [0.3, 0.4) is 0 Å². The van der Waals surface area contributed by atoms with Gasteiger partial charge in [-0.1, -0.05) is 0 Å². The highest BCUT2D eigenvalue weighted by molar-refractivity contribution is 7.14. The Bertz CT molecular complexity index is 399. The van der Waals surface area contributed by atoms with E-state index >= 15 is 0 Å². The molecule has 1 heterocycles. The minimum absolute atomic E-state index is 0.0839. The van der Waals surface area contributed by atoms with E-state index in [0.717, 1.165) is 16.2 Å². The molecule has 0 bridgehead atoms. The highest BCUT2D eigenvalue weighted by Crippen LogP contribution is 2.29. The molecule has 0 radical (unpaired) electrons. The van der Waals surface area contributed by atoms with Crippen molar-refractivity contribution in [1.29, 1.82) is 0 Å². The normalized spacial score (nSPS) is 12.1. The molecule has 0 saturated carbocycles. The lowest BCUT2D eigenvalue weighted by Crippen LogP contribution is -2.30. The monoisotopic (exact) mass is 229 g/mol. The molecular formula is C9H11NO4S. The largest absolute Gasteiger partial charge is 0.479 e. The first-order valence-corrected chi connectivity index (χ1v) is 5.03. The minimum Gasteiger partial charge on any atom is -0.479 e. The van der Waals surface area contributed by atoms with Gasteiger partial charge in [-0.15, -0.1) is 11.3 Å². The lowest BCUT2D eigenvalue weighted by molar-refractivity contribution is -0.124. The zero-order valence-corrected chi connectivity index (χ0v) is 9.13. The summed E-state index contributed by atoms with van der Waals surface area (Å²) in [7, 11) is 0. The van der Waals surface area contributed by atoms with Crippen molar-refractivity contribution in [2.75, 3.05) is 0 Å². The van der Waals surface area contributed by atoms with Gasteiger partial charge in [0.15, 0.2) is 11.0 Å². The van der Waals surface area contributed by atoms with Crippen molar-refractivity contribution in [3.05, 3.63) is 15.8 Å². The van der Waals surface area contributed by atoms with Gasteiger partial charge in [0.25, 0.3) is 5.91 Å². The quantitative estimate of drug-likeness (QED) is 0.806. The van der Waals surface area contributed by atoms with E-state index in [2.05, 4.69) is 0 Å². The second kappa shape index (κ2) is 4.31. The number of ether oxygens (including phenoxy) is 1. The fourth-order valence-electron chi connectivity index (χ4n) is 0.976. The molecule has 1 amide bonds. The molecule has 1 atom stereocenters. The Hall–Kier alpha value is -1.56. The van der Waals surface area contributed by atoms with Crippen molar-refractivity contribution < 1.29 is 19.4 Å². The lowest BCUT2D eigenvalue weighted by Gasteiger charge is -2.09. The number of hydrogen-bond donors (Lipinski definition) is 2. The Balaban J connectivity index is 2.93. The molecule has 3 N–H and O–H groups in total. The maximum Gasteiger partial charge on any atom is 0.349 e. The predicted molar refractivity (Wildman–Crippen MR) is 55.3 cm³/mol. The lowest BCUT2D eigenvalue weighted by atomic mass is 10.3. The molecule has 0 aliphatic carbocycles. The van der Waals surface area contributed by atoms with Crippen LogP contribution in [-0.4, -0.2) is 23.1 Å². The number of primary amides is 1. The average molecular weight is 229 g/mol. The first kappa shape index (κ1) is 11.5. The van der Waals surface area contributed by atoms with E-state index in [9.17, 15) is 9.59 Å². The number of hydrogen-bond acceptors (Lipinski definition) is 4. The summed E-state index contributed by atoms with van der Waals surface area (Å²) in [5.41, 5.74) is 5.01. The maximum atomic E-state index is 10.8. The Morgan fingerprint density at radius 3 is 2.67 bits per heavy atom. The third kappa shape index (κ3) is 2.69. The van der Waals surface area contributed by atoms with E-state index in [0.29, 0.717) is 0 Å². The molecule has 5 nitrogen and oxygen atoms in total. The molecule has 15 heavy (non-hydrogen) atoms. The van der Waals surface area contributed by atoms with Crippen molar-refractivity contribution in [1.82, 2.24) is 0 Å². The van der Waals surface area contributed by atoms with Gasteiger partial charge in [-0.25, -0.2) is 4.79 Å². The van der Waals surface area contributed by atoms with Crippen LogP contribution in [0.25, 0.3) is 0 Å². The number of rotatable bonds is 4. The summed E-state index contributed by atoms with van der Waals surface area (Å²) in [5.74, 6) is -1.51. The van der Waals surface area contributed by atoms with E-state index < -0.39 is 18.0 Å². The summed E-state index contributed by atoms with van der Waals surface area (Å²) in [6.07, 6.45) is -0.836. The zero-order valence-electron chi connectivity index (χ0n) is 8.31. The van der Waals surface area contributed by atoms with Crippen LogP contribution >= 0.6 is 11.3 Å². The molecule has 6 heteroatoms. The highest BCUT2D eigenvalue weighted by atomic mass is 32.1. The maximum absolute atomic E-state index is 10.8. The van der Waals surface area contributed by atoms with Crippen molar-refractivity contribution in [2.24, 2.45) is 5.73 Å². The zero-order chi connectivity index (χ0) is 11.6. The molecule has 1 rings (SSSR count). The average Bonchev–Trinajstić information content (AvgIpc) is 2.46. The van der Waals surface area contributed by atoms with Crippen molar-refractivity contribution in [3.8, 4) is 5.75 Å². The van der Waals surface area contributed by atoms with Crippen molar-refractivity contribution >= 4 is 23.2 Å². The molecule has 0 aromatic carbocycles. The Labute approximate surface area is 90.5 Å². The van der Waals surface area contributed by atoms with E-state index in [1.54, 1.807) is 13.0 Å². The van der Waals surface area contributed by atoms with Crippen molar-refractivity contribution in [2.45, 2.75) is 20.0 Å². The Kier molecular flexibility index (Phi) is 3.31. The summed E-state index contributed by atoms with van der Waals surface area (Å²) in [6.45, 7) is 3.24. The number of carboxylic acids is 1. The predicted octanol–water partition coefficient (Wildman–Crippen LogP) is 1.01. The van der Waals surface area contributed by atoms with Crippen LogP contribution in [0.15, 0.2) is 6.07 Å². The number of thiophene rings is 1. The molecule has 82 valence electrons. The standard InChI is InChI=1S/C9H11NO4S/c1-4-3-6(7(15-4)9(12)13)14-5(2)8(10)11/h3,5H,1-2H3,(H2,10,11)(H,12,13). The number of carbonyl (C=O) groups excluding carboxylic acids is 1. The molecule has 1 unspecified atom stereocenters. The van der Waals surface area contributed by atoms with Gasteiger partial charge >= 0.3 is 5.97 Å². The topological polar surface area (TPSA) is 89.6 Å². The molecular weight excluding hydrogens is 218 g/mol. The van der Waals surface area contributed by atoms with E-state index in [4.69, 9.17) is 15.6 Å². The SMILES string of the molecule is Cc1cc(OC(C)C(N)=O)c(C(=O)O)s1. The number of carbonyl (C=O) groups is 2. The second-order valence-corrected chi connectivity index (χ2v) is 4.27. The molecule has 0 spiro atoms. The van der Waals surface area contributed by atoms with E-state index in [1.807, 2.05) is 0 Å². The van der Waals surface area contributed by atoms with Crippen LogP contribution in [0.5, 0.6) is 5.75 Å². The number of nitrogens with two attached hydrogens (primary N) is 1. The van der Waals surface area contributed by atoms with Crippen LogP contribution in [0.4, 0.5) is 0 Å². The molecule has 0 fully saturated rings. The number of aromatic carboxylic acids is 1. The summed E-state index contributed by atoms with van der Waals surface area (Å²) in [4.78, 5) is 22.4. The van der Waals surface area contributed by atoms with Crippen LogP contribution < -0.4 is 10.5 Å². The summed E-state index contributed by atoms with van der Waals surface area (Å²) in [6, 6.07) is 1.58. The van der Waals surface area contributed by atoms with Crippen LogP contribution in [0.2, 0.25) is 0 Å². The first-order valence-electron chi connectivity index (χ1n) is 4.21. The van der Waals surface area contributed by atoms with E-state index in [-0.39, 0.29) is 10.6 Å². The third-order valence-electron chi connectivity index (χ3n) is 1.72. The van der Waals surface area contributed by atoms with Gasteiger partial charge < -0.3 is 15.6 Å². The van der Waals surface area contributed by atoms with Crippen LogP contribution in [0.1, 0.15) is 21.5 Å². The van der Waals surface area contributed by atoms with Crippen molar-refractivity contribution in [3.63, 3.8) is 0 Å². The van der Waals surface area contributed by atoms with E-state index in [1.165, 1.54) is 6.92 Å². The number of amides is 1. The van der Waals surface area contributed by atoms with Gasteiger partial charge in [0.1, 0.15) is 5.75 Å². The smallest absolute Gasteiger partial charge is 0.349 e. The summed E-state index contributed by atoms with van der Waals surface area (Å²) >= 11 is 1.10. The van der Waals surface area contributed by atoms with Gasteiger partial charge in [0.05, 0.1) is 0 Å². The first-order chi connectivity index (χ1) is 6.91. The summed E-state index contributed by atoms with van der Waals surface area (Å²) < 4.78 is 5.14. The van der Waals surface area contributed by atoms with Gasteiger partial charge in [0.2, 0.25) is 0 Å². The van der Waals surface area contributed by atoms with Gasteiger partial charge in [-0.3, -0.25) is 4.79 Å². The molecule has 1 aromatic rings. The van der Waals surface area contributed by atoms with Crippen LogP contribution in [-0.2, 0) is 4.79 Å². The molecule has 0 aliphatic rings. The highest BCUT2D eigenvalue weighted by Gasteiger charge is 2.19. The number of aryl methyl sites for hydroxylation is 1. The summed E-state index contributed by atoms with van der Waals surface area (Å²) in [5, 5.41) is 8.84. The minimum atomic E-state index is -1.07. The molecule has 0 aliphatic heterocycles. The molecule has 0 saturated heterocycles. The second-order valence-electron chi connectivity index (χ2n) is 3.02.